The summed E-state index contributed by atoms with van der Waals surface area (Å²) in [6.45, 7) is 3.66. The molecule has 0 amide bonds. The van der Waals surface area contributed by atoms with Crippen LogP contribution in [-0.4, -0.2) is 19.0 Å². The Balaban J connectivity index is 1.82. The summed E-state index contributed by atoms with van der Waals surface area (Å²) in [5, 5.41) is 9.50. The summed E-state index contributed by atoms with van der Waals surface area (Å²) in [6, 6.07) is 2.59. The summed E-state index contributed by atoms with van der Waals surface area (Å²) in [5.74, 6) is -0.330. The zero-order chi connectivity index (χ0) is 12.9. The van der Waals surface area contributed by atoms with Crippen LogP contribution < -0.4 is 0 Å². The molecule has 1 saturated heterocycles. The van der Waals surface area contributed by atoms with Gasteiger partial charge in [-0.3, -0.25) is 0 Å². The zero-order valence-electron chi connectivity index (χ0n) is 11.5. The van der Waals surface area contributed by atoms with E-state index < -0.39 is 0 Å². The van der Waals surface area contributed by atoms with Crippen LogP contribution in [0.2, 0.25) is 0 Å². The van der Waals surface area contributed by atoms with Gasteiger partial charge in [0.2, 0.25) is 0 Å². The molecule has 102 valence electrons. The number of nitrogens with zero attached hydrogens (tertiary/aromatic N) is 1. The van der Waals surface area contributed by atoms with E-state index in [1.54, 1.807) is 0 Å². The highest BCUT2D eigenvalue weighted by Gasteiger charge is 2.46. The molecule has 0 N–H and O–H groups in total. The van der Waals surface area contributed by atoms with E-state index in [1.807, 2.05) is 0 Å². The van der Waals surface area contributed by atoms with Crippen LogP contribution in [0.3, 0.4) is 0 Å². The fourth-order valence-electron chi connectivity index (χ4n) is 3.20. The molecule has 0 bridgehead atoms. The topological polar surface area (TPSA) is 42.2 Å². The van der Waals surface area contributed by atoms with Crippen molar-refractivity contribution in [2.24, 2.45) is 5.41 Å². The molecule has 2 aliphatic rings. The number of ether oxygens (including phenoxy) is 2. The van der Waals surface area contributed by atoms with Gasteiger partial charge in [0.15, 0.2) is 5.79 Å². The molecular weight excluding hydrogens is 226 g/mol. The number of unbranched alkanes of at least 4 members (excludes halogenated alkanes) is 3. The van der Waals surface area contributed by atoms with Crippen molar-refractivity contribution in [2.75, 3.05) is 13.2 Å². The van der Waals surface area contributed by atoms with Gasteiger partial charge in [-0.1, -0.05) is 32.6 Å². The van der Waals surface area contributed by atoms with Crippen LogP contribution in [0.25, 0.3) is 0 Å². The smallest absolute Gasteiger partial charge is 0.168 e. The van der Waals surface area contributed by atoms with Crippen LogP contribution >= 0.6 is 0 Å². The predicted octanol–water partition coefficient (Wildman–Crippen LogP) is 3.78. The molecule has 2 rings (SSSR count). The first-order chi connectivity index (χ1) is 8.74. The molecule has 1 spiro atoms. The highest BCUT2D eigenvalue weighted by atomic mass is 16.7. The lowest BCUT2D eigenvalue weighted by atomic mass is 9.70. The van der Waals surface area contributed by atoms with Crippen molar-refractivity contribution in [2.45, 2.75) is 70.5 Å². The summed E-state index contributed by atoms with van der Waals surface area (Å²) in [4.78, 5) is 0. The average molecular weight is 251 g/mol. The Morgan fingerprint density at radius 3 is 2.22 bits per heavy atom. The van der Waals surface area contributed by atoms with E-state index >= 15 is 0 Å². The van der Waals surface area contributed by atoms with E-state index in [1.165, 1.54) is 25.7 Å². The zero-order valence-corrected chi connectivity index (χ0v) is 11.5. The third-order valence-corrected chi connectivity index (χ3v) is 4.53. The summed E-state index contributed by atoms with van der Waals surface area (Å²) < 4.78 is 11.5. The molecule has 1 aliphatic heterocycles. The lowest BCUT2D eigenvalue weighted by Crippen LogP contribution is -2.39. The lowest BCUT2D eigenvalue weighted by Gasteiger charge is -2.39. The van der Waals surface area contributed by atoms with E-state index in [0.717, 1.165) is 45.3 Å². The number of hydrogen-bond acceptors (Lipinski definition) is 3. The van der Waals surface area contributed by atoms with Gasteiger partial charge in [-0.15, -0.1) is 0 Å². The quantitative estimate of drug-likeness (QED) is 0.698. The molecule has 0 aromatic rings. The van der Waals surface area contributed by atoms with E-state index in [0.29, 0.717) is 0 Å². The largest absolute Gasteiger partial charge is 0.348 e. The van der Waals surface area contributed by atoms with Crippen LogP contribution in [-0.2, 0) is 9.47 Å². The van der Waals surface area contributed by atoms with Gasteiger partial charge in [-0.2, -0.15) is 5.26 Å². The highest BCUT2D eigenvalue weighted by Crippen LogP contribution is 2.46. The van der Waals surface area contributed by atoms with Crippen molar-refractivity contribution in [1.29, 1.82) is 5.26 Å². The molecule has 0 radical (unpaired) electrons. The lowest BCUT2D eigenvalue weighted by molar-refractivity contribution is -0.187. The van der Waals surface area contributed by atoms with Gasteiger partial charge < -0.3 is 9.47 Å². The van der Waals surface area contributed by atoms with Gasteiger partial charge in [-0.05, 0) is 19.3 Å². The Morgan fingerprint density at radius 2 is 1.67 bits per heavy atom. The fraction of sp³-hybridized carbons (Fsp3) is 0.933. The molecule has 18 heavy (non-hydrogen) atoms. The van der Waals surface area contributed by atoms with Gasteiger partial charge >= 0.3 is 0 Å². The van der Waals surface area contributed by atoms with Crippen molar-refractivity contribution < 1.29 is 9.47 Å². The van der Waals surface area contributed by atoms with E-state index in [4.69, 9.17) is 9.47 Å². The predicted molar refractivity (Wildman–Crippen MR) is 69.9 cm³/mol. The monoisotopic (exact) mass is 251 g/mol. The van der Waals surface area contributed by atoms with Crippen LogP contribution in [0, 0.1) is 16.7 Å². The Labute approximate surface area is 110 Å². The minimum Gasteiger partial charge on any atom is -0.348 e. The maximum atomic E-state index is 9.50. The Hall–Kier alpha value is -0.590. The Morgan fingerprint density at radius 1 is 1.00 bits per heavy atom. The molecule has 1 saturated carbocycles. The summed E-state index contributed by atoms with van der Waals surface area (Å²) in [6.07, 6.45) is 9.73. The van der Waals surface area contributed by atoms with Crippen LogP contribution in [0.4, 0.5) is 0 Å². The first kappa shape index (κ1) is 13.8. The highest BCUT2D eigenvalue weighted by molar-refractivity contribution is 5.03. The molecule has 0 aromatic carbocycles. The molecular formula is C15H25NO2. The third kappa shape index (κ3) is 3.05. The molecule has 1 heterocycles. The van der Waals surface area contributed by atoms with Crippen LogP contribution in [0.5, 0.6) is 0 Å². The number of rotatable bonds is 5. The summed E-state index contributed by atoms with van der Waals surface area (Å²) >= 11 is 0. The van der Waals surface area contributed by atoms with Crippen molar-refractivity contribution in [3.8, 4) is 6.07 Å². The van der Waals surface area contributed by atoms with Gasteiger partial charge in [-0.25, -0.2) is 0 Å². The van der Waals surface area contributed by atoms with Gasteiger partial charge in [0.25, 0.3) is 0 Å². The number of nitriles is 1. The second kappa shape index (κ2) is 6.04. The van der Waals surface area contributed by atoms with Crippen molar-refractivity contribution in [3.05, 3.63) is 0 Å². The van der Waals surface area contributed by atoms with Crippen molar-refractivity contribution in [1.82, 2.24) is 0 Å². The Kier molecular flexibility index (Phi) is 4.64. The van der Waals surface area contributed by atoms with E-state index in [2.05, 4.69) is 13.0 Å². The van der Waals surface area contributed by atoms with Gasteiger partial charge in [0, 0.05) is 12.8 Å². The second-order valence-corrected chi connectivity index (χ2v) is 5.81. The summed E-state index contributed by atoms with van der Waals surface area (Å²) in [7, 11) is 0. The van der Waals surface area contributed by atoms with Crippen molar-refractivity contribution in [3.63, 3.8) is 0 Å². The maximum absolute atomic E-state index is 9.50. The molecule has 0 aromatic heterocycles. The minimum absolute atomic E-state index is 0.103. The molecule has 3 nitrogen and oxygen atoms in total. The van der Waals surface area contributed by atoms with Gasteiger partial charge in [0.1, 0.15) is 0 Å². The van der Waals surface area contributed by atoms with Crippen molar-refractivity contribution >= 4 is 0 Å². The first-order valence-electron chi connectivity index (χ1n) is 7.43. The van der Waals surface area contributed by atoms with Crippen LogP contribution in [0.1, 0.15) is 64.7 Å². The normalized spacial score (nSPS) is 25.1. The molecule has 3 heteroatoms. The van der Waals surface area contributed by atoms with E-state index in [9.17, 15) is 5.26 Å². The standard InChI is InChI=1S/C15H25NO2/c1-2-3-4-5-6-14(13-16)7-9-15(10-8-14)17-11-12-18-15/h2-12H2,1H3. The fourth-order valence-corrected chi connectivity index (χ4v) is 3.20. The Bertz CT molecular complexity index is 292. The van der Waals surface area contributed by atoms with Crippen LogP contribution in [0.15, 0.2) is 0 Å². The molecule has 0 atom stereocenters. The molecule has 2 fully saturated rings. The maximum Gasteiger partial charge on any atom is 0.168 e. The van der Waals surface area contributed by atoms with E-state index in [-0.39, 0.29) is 11.2 Å². The molecule has 0 unspecified atom stereocenters. The number of hydrogen-bond donors (Lipinski definition) is 0. The first-order valence-corrected chi connectivity index (χ1v) is 7.43. The third-order valence-electron chi connectivity index (χ3n) is 4.53. The summed E-state index contributed by atoms with van der Waals surface area (Å²) in [5.41, 5.74) is -0.103. The minimum atomic E-state index is -0.330. The molecule has 1 aliphatic carbocycles. The second-order valence-electron chi connectivity index (χ2n) is 5.81. The average Bonchev–Trinajstić information content (AvgIpc) is 2.86. The SMILES string of the molecule is CCCCCCC1(C#N)CCC2(CC1)OCCO2. The van der Waals surface area contributed by atoms with Gasteiger partial charge in [0.05, 0.1) is 24.7 Å².